The van der Waals surface area contributed by atoms with Crippen molar-refractivity contribution >= 4 is 11.6 Å². The van der Waals surface area contributed by atoms with Crippen LogP contribution in [0.25, 0.3) is 0 Å². The monoisotopic (exact) mass is 255 g/mol. The van der Waals surface area contributed by atoms with E-state index in [4.69, 9.17) is 26.8 Å². The van der Waals surface area contributed by atoms with Gasteiger partial charge in [-0.15, -0.1) is 0 Å². The van der Waals surface area contributed by atoms with Crippen molar-refractivity contribution in [3.8, 4) is 11.5 Å². The van der Waals surface area contributed by atoms with Crippen molar-refractivity contribution in [3.63, 3.8) is 0 Å². The number of ether oxygens (including phenoxy) is 2. The van der Waals surface area contributed by atoms with Crippen LogP contribution >= 0.6 is 11.6 Å². The Morgan fingerprint density at radius 2 is 1.88 bits per heavy atom. The van der Waals surface area contributed by atoms with E-state index >= 15 is 0 Å². The third kappa shape index (κ3) is 2.09. The van der Waals surface area contributed by atoms with Crippen LogP contribution in [0.2, 0.25) is 5.02 Å². The van der Waals surface area contributed by atoms with Crippen LogP contribution in [0.5, 0.6) is 11.5 Å². The molecule has 1 aliphatic rings. The van der Waals surface area contributed by atoms with Crippen molar-refractivity contribution in [2.45, 2.75) is 39.2 Å². The van der Waals surface area contributed by atoms with E-state index in [0.29, 0.717) is 16.7 Å². The fraction of sp³-hybridized carbons (Fsp3) is 0.538. The van der Waals surface area contributed by atoms with Crippen molar-refractivity contribution in [2.24, 2.45) is 5.73 Å². The minimum absolute atomic E-state index is 0.225. The van der Waals surface area contributed by atoms with Crippen LogP contribution in [0, 0.1) is 0 Å². The Kier molecular flexibility index (Phi) is 3.00. The highest BCUT2D eigenvalue weighted by Gasteiger charge is 2.30. The van der Waals surface area contributed by atoms with Crippen LogP contribution in [0.15, 0.2) is 6.07 Å². The first kappa shape index (κ1) is 12.5. The van der Waals surface area contributed by atoms with Gasteiger partial charge in [0.15, 0.2) is 11.5 Å². The molecule has 0 unspecified atom stereocenters. The number of benzene rings is 1. The predicted molar refractivity (Wildman–Crippen MR) is 68.9 cm³/mol. The van der Waals surface area contributed by atoms with Crippen molar-refractivity contribution in [2.75, 3.05) is 6.79 Å². The molecule has 0 radical (unpaired) electrons. The molecule has 1 aromatic rings. The topological polar surface area (TPSA) is 44.5 Å². The van der Waals surface area contributed by atoms with Gasteiger partial charge in [0.2, 0.25) is 6.79 Å². The van der Waals surface area contributed by atoms with Gasteiger partial charge in [0.05, 0.1) is 5.02 Å². The standard InChI is InChI=1S/C13H18ClNO2/c1-7(2)10-8(13(3,4)15)5-9(14)11-12(10)17-6-16-11/h5,7H,6,15H2,1-4H3. The lowest BCUT2D eigenvalue weighted by Gasteiger charge is -2.26. The van der Waals surface area contributed by atoms with Gasteiger partial charge in [-0.1, -0.05) is 25.4 Å². The summed E-state index contributed by atoms with van der Waals surface area (Å²) in [5, 5.41) is 0.565. The van der Waals surface area contributed by atoms with E-state index in [1.807, 2.05) is 19.9 Å². The van der Waals surface area contributed by atoms with Crippen LogP contribution < -0.4 is 15.2 Å². The average Bonchev–Trinajstić information content (AvgIpc) is 2.64. The molecule has 2 N–H and O–H groups in total. The van der Waals surface area contributed by atoms with Gasteiger partial charge in [-0.25, -0.2) is 0 Å². The second kappa shape index (κ2) is 4.07. The zero-order chi connectivity index (χ0) is 12.8. The number of rotatable bonds is 2. The van der Waals surface area contributed by atoms with Crippen LogP contribution in [0.1, 0.15) is 44.7 Å². The first-order valence-corrected chi connectivity index (χ1v) is 6.11. The van der Waals surface area contributed by atoms with E-state index < -0.39 is 5.54 Å². The second-order valence-electron chi connectivity index (χ2n) is 5.26. The summed E-state index contributed by atoms with van der Waals surface area (Å²) in [6.45, 7) is 8.38. The zero-order valence-electron chi connectivity index (χ0n) is 10.6. The molecule has 4 heteroatoms. The van der Waals surface area contributed by atoms with E-state index in [0.717, 1.165) is 16.9 Å². The fourth-order valence-electron chi connectivity index (χ4n) is 2.15. The summed E-state index contributed by atoms with van der Waals surface area (Å²) < 4.78 is 10.9. The maximum Gasteiger partial charge on any atom is 0.231 e. The molecular formula is C13H18ClNO2. The van der Waals surface area contributed by atoms with Gasteiger partial charge in [-0.05, 0) is 31.4 Å². The van der Waals surface area contributed by atoms with Gasteiger partial charge in [0.1, 0.15) is 0 Å². The molecule has 0 atom stereocenters. The molecule has 94 valence electrons. The summed E-state index contributed by atoms with van der Waals surface area (Å²) >= 11 is 6.20. The van der Waals surface area contributed by atoms with Crippen molar-refractivity contribution in [3.05, 3.63) is 22.2 Å². The number of nitrogens with two attached hydrogens (primary N) is 1. The Balaban J connectivity index is 2.72. The van der Waals surface area contributed by atoms with Crippen LogP contribution in [0.4, 0.5) is 0 Å². The van der Waals surface area contributed by atoms with E-state index in [1.54, 1.807) is 0 Å². The van der Waals surface area contributed by atoms with Gasteiger partial charge in [0, 0.05) is 11.1 Å². The second-order valence-corrected chi connectivity index (χ2v) is 5.67. The Labute approximate surface area is 107 Å². The molecule has 0 amide bonds. The SMILES string of the molecule is CC(C)c1c(C(C)(C)N)cc(Cl)c2c1OCO2. The quantitative estimate of drug-likeness (QED) is 0.881. The van der Waals surface area contributed by atoms with E-state index in [9.17, 15) is 0 Å². The summed E-state index contributed by atoms with van der Waals surface area (Å²) in [4.78, 5) is 0. The summed E-state index contributed by atoms with van der Waals surface area (Å²) in [6, 6.07) is 1.89. The van der Waals surface area contributed by atoms with Crippen LogP contribution in [-0.2, 0) is 5.54 Å². The summed E-state index contributed by atoms with van der Waals surface area (Å²) in [6.07, 6.45) is 0. The molecule has 0 saturated heterocycles. The molecule has 2 rings (SSSR count). The van der Waals surface area contributed by atoms with E-state index in [-0.39, 0.29) is 6.79 Å². The molecule has 0 aromatic heterocycles. The molecular weight excluding hydrogens is 238 g/mol. The first-order valence-electron chi connectivity index (χ1n) is 5.73. The van der Waals surface area contributed by atoms with Crippen molar-refractivity contribution in [1.82, 2.24) is 0 Å². The molecule has 1 aliphatic heterocycles. The Morgan fingerprint density at radius 1 is 1.29 bits per heavy atom. The van der Waals surface area contributed by atoms with Crippen molar-refractivity contribution in [1.29, 1.82) is 0 Å². The lowest BCUT2D eigenvalue weighted by molar-refractivity contribution is 0.173. The largest absolute Gasteiger partial charge is 0.453 e. The summed E-state index contributed by atoms with van der Waals surface area (Å²) in [7, 11) is 0. The third-order valence-corrected chi connectivity index (χ3v) is 3.19. The fourth-order valence-corrected chi connectivity index (χ4v) is 2.40. The Bertz CT molecular complexity index is 450. The highest BCUT2D eigenvalue weighted by molar-refractivity contribution is 6.32. The van der Waals surface area contributed by atoms with E-state index in [2.05, 4.69) is 13.8 Å². The molecule has 0 spiro atoms. The third-order valence-electron chi connectivity index (χ3n) is 2.91. The highest BCUT2D eigenvalue weighted by Crippen LogP contribution is 2.47. The molecule has 1 heterocycles. The lowest BCUT2D eigenvalue weighted by Crippen LogP contribution is -2.30. The minimum atomic E-state index is -0.454. The number of halogens is 1. The molecule has 17 heavy (non-hydrogen) atoms. The van der Waals surface area contributed by atoms with Gasteiger partial charge >= 0.3 is 0 Å². The normalized spacial score (nSPS) is 14.5. The highest BCUT2D eigenvalue weighted by atomic mass is 35.5. The number of hydrogen-bond donors (Lipinski definition) is 1. The van der Waals surface area contributed by atoms with Gasteiger partial charge in [-0.3, -0.25) is 0 Å². The molecule has 0 saturated carbocycles. The average molecular weight is 256 g/mol. The van der Waals surface area contributed by atoms with E-state index in [1.165, 1.54) is 0 Å². The van der Waals surface area contributed by atoms with Crippen molar-refractivity contribution < 1.29 is 9.47 Å². The smallest absolute Gasteiger partial charge is 0.231 e. The molecule has 3 nitrogen and oxygen atoms in total. The van der Waals surface area contributed by atoms with Gasteiger partial charge in [0.25, 0.3) is 0 Å². The summed E-state index contributed by atoms with van der Waals surface area (Å²) in [5.74, 6) is 1.70. The van der Waals surface area contributed by atoms with Gasteiger partial charge < -0.3 is 15.2 Å². The first-order chi connectivity index (χ1) is 7.82. The molecule has 0 bridgehead atoms. The molecule has 0 aliphatic carbocycles. The Hall–Kier alpha value is -0.930. The maximum absolute atomic E-state index is 6.20. The van der Waals surface area contributed by atoms with Gasteiger partial charge in [-0.2, -0.15) is 0 Å². The maximum atomic E-state index is 6.20. The molecule has 0 fully saturated rings. The zero-order valence-corrected chi connectivity index (χ0v) is 11.4. The predicted octanol–water partition coefficient (Wildman–Crippen LogP) is 3.39. The summed E-state index contributed by atoms with van der Waals surface area (Å²) in [5.41, 5.74) is 7.86. The lowest BCUT2D eigenvalue weighted by atomic mass is 9.85. The number of fused-ring (bicyclic) bond motifs is 1. The van der Waals surface area contributed by atoms with Crippen LogP contribution in [-0.4, -0.2) is 6.79 Å². The Morgan fingerprint density at radius 3 is 2.41 bits per heavy atom. The minimum Gasteiger partial charge on any atom is -0.453 e. The van der Waals surface area contributed by atoms with Crippen LogP contribution in [0.3, 0.4) is 0 Å². The molecule has 1 aromatic carbocycles. The number of hydrogen-bond acceptors (Lipinski definition) is 3.